The molecule has 11 heteroatoms. The number of carbonyl (C=O) groups is 1. The van der Waals surface area contributed by atoms with Gasteiger partial charge in [0, 0.05) is 43.4 Å². The summed E-state index contributed by atoms with van der Waals surface area (Å²) in [5.74, 6) is 1.28. The Bertz CT molecular complexity index is 1670. The van der Waals surface area contributed by atoms with Crippen molar-refractivity contribution in [2.24, 2.45) is 0 Å². The van der Waals surface area contributed by atoms with Crippen LogP contribution in [-0.2, 0) is 11.3 Å². The summed E-state index contributed by atoms with van der Waals surface area (Å²) in [4.78, 5) is 25.6. The molecule has 0 bridgehead atoms. The van der Waals surface area contributed by atoms with Gasteiger partial charge in [0.15, 0.2) is 0 Å². The minimum Gasteiger partial charge on any atom is -0.494 e. The topological polar surface area (TPSA) is 121 Å². The maximum atomic E-state index is 12.3. The van der Waals surface area contributed by atoms with Gasteiger partial charge in [0.25, 0.3) is 0 Å². The summed E-state index contributed by atoms with van der Waals surface area (Å²) in [6.07, 6.45) is 4.73. The molecule has 1 amide bonds. The van der Waals surface area contributed by atoms with Gasteiger partial charge < -0.3 is 34.5 Å². The van der Waals surface area contributed by atoms with Gasteiger partial charge in [-0.1, -0.05) is 18.7 Å². The van der Waals surface area contributed by atoms with Gasteiger partial charge in [0.1, 0.15) is 24.2 Å². The lowest BCUT2D eigenvalue weighted by atomic mass is 10.1. The van der Waals surface area contributed by atoms with Gasteiger partial charge in [-0.15, -0.1) is 0 Å². The lowest BCUT2D eigenvalue weighted by Crippen LogP contribution is -2.29. The van der Waals surface area contributed by atoms with E-state index in [0.717, 1.165) is 41.0 Å². The zero-order valence-electron chi connectivity index (χ0n) is 23.6. The van der Waals surface area contributed by atoms with Gasteiger partial charge in [0.05, 0.1) is 53.7 Å². The zero-order chi connectivity index (χ0) is 29.1. The molecule has 4 aromatic rings. The molecule has 0 atom stereocenters. The Hall–Kier alpha value is -5.08. The highest BCUT2D eigenvalue weighted by Gasteiger charge is 2.22. The highest BCUT2D eigenvalue weighted by Crippen LogP contribution is 2.40. The van der Waals surface area contributed by atoms with Crippen LogP contribution in [0.2, 0.25) is 0 Å². The number of rotatable bonds is 10. The predicted octanol–water partition coefficient (Wildman–Crippen LogP) is 4.24. The normalized spacial score (nSPS) is 12.0. The maximum absolute atomic E-state index is 12.3. The number of methoxy groups -OCH3 is 1. The number of nitriles is 1. The van der Waals surface area contributed by atoms with E-state index < -0.39 is 0 Å². The molecule has 0 spiro atoms. The summed E-state index contributed by atoms with van der Waals surface area (Å²) in [6, 6.07) is 11.7. The maximum Gasteiger partial charge on any atom is 0.247 e. The third-order valence-electron chi connectivity index (χ3n) is 6.92. The number of para-hydroxylation sites is 1. The number of nitrogens with one attached hydrogen (secondary N) is 2. The summed E-state index contributed by atoms with van der Waals surface area (Å²) >= 11 is 0. The summed E-state index contributed by atoms with van der Waals surface area (Å²) < 4.78 is 13.7. The van der Waals surface area contributed by atoms with Crippen LogP contribution >= 0.6 is 0 Å². The molecule has 41 heavy (non-hydrogen) atoms. The van der Waals surface area contributed by atoms with E-state index in [4.69, 9.17) is 14.5 Å². The Morgan fingerprint density at radius 3 is 2.83 bits per heavy atom. The van der Waals surface area contributed by atoms with E-state index in [1.54, 1.807) is 13.2 Å². The van der Waals surface area contributed by atoms with Gasteiger partial charge in [-0.05, 0) is 32.3 Å². The zero-order valence-corrected chi connectivity index (χ0v) is 23.6. The van der Waals surface area contributed by atoms with Crippen LogP contribution in [0.4, 0.5) is 23.0 Å². The number of hydrogen-bond donors (Lipinski definition) is 2. The Morgan fingerprint density at radius 1 is 1.27 bits per heavy atom. The largest absolute Gasteiger partial charge is 0.494 e. The fourth-order valence-corrected chi connectivity index (χ4v) is 4.82. The van der Waals surface area contributed by atoms with Crippen molar-refractivity contribution in [2.75, 3.05) is 63.5 Å². The molecule has 0 unspecified atom stereocenters. The van der Waals surface area contributed by atoms with Crippen molar-refractivity contribution in [1.29, 1.82) is 5.26 Å². The van der Waals surface area contributed by atoms with E-state index >= 15 is 0 Å². The fourth-order valence-electron chi connectivity index (χ4n) is 4.82. The second-order valence-corrected chi connectivity index (χ2v) is 9.92. The van der Waals surface area contributed by atoms with Crippen LogP contribution in [0.25, 0.3) is 22.2 Å². The van der Waals surface area contributed by atoms with E-state index in [0.29, 0.717) is 41.5 Å². The van der Waals surface area contributed by atoms with Crippen molar-refractivity contribution in [3.8, 4) is 28.8 Å². The van der Waals surface area contributed by atoms with Crippen LogP contribution in [0.15, 0.2) is 55.4 Å². The highest BCUT2D eigenvalue weighted by molar-refractivity contribution is 6.02. The van der Waals surface area contributed by atoms with Gasteiger partial charge >= 0.3 is 0 Å². The highest BCUT2D eigenvalue weighted by atomic mass is 16.5. The molecular weight excluding hydrogens is 520 g/mol. The molecule has 0 saturated carbocycles. The van der Waals surface area contributed by atoms with Crippen molar-refractivity contribution < 1.29 is 14.3 Å². The molecule has 2 aromatic carbocycles. The van der Waals surface area contributed by atoms with Crippen molar-refractivity contribution in [3.05, 3.63) is 60.9 Å². The van der Waals surface area contributed by atoms with Crippen LogP contribution in [-0.4, -0.2) is 73.3 Å². The molecule has 5 rings (SSSR count). The molecule has 2 aromatic heterocycles. The Kier molecular flexibility index (Phi) is 7.76. The van der Waals surface area contributed by atoms with E-state index in [-0.39, 0.29) is 11.9 Å². The van der Waals surface area contributed by atoms with Gasteiger partial charge in [-0.25, -0.2) is 9.97 Å². The monoisotopic (exact) mass is 552 g/mol. The molecule has 3 heterocycles. The summed E-state index contributed by atoms with van der Waals surface area (Å²) in [6.45, 7) is 6.41. The molecule has 1 aliphatic heterocycles. The average molecular weight is 553 g/mol. The van der Waals surface area contributed by atoms with E-state index in [9.17, 15) is 10.1 Å². The quantitative estimate of drug-likeness (QED) is 0.278. The minimum absolute atomic E-state index is 0.273. The molecule has 0 fully saturated rings. The number of likely N-dealkylation sites (N-methyl/N-ethyl adjacent to an activating group) is 2. The van der Waals surface area contributed by atoms with Crippen molar-refractivity contribution in [2.45, 2.75) is 6.54 Å². The molecule has 210 valence electrons. The smallest absolute Gasteiger partial charge is 0.247 e. The first-order valence-corrected chi connectivity index (χ1v) is 13.1. The number of carbonyl (C=O) groups excluding carboxylic acids is 1. The predicted molar refractivity (Wildman–Crippen MR) is 160 cm³/mol. The van der Waals surface area contributed by atoms with Gasteiger partial charge in [0.2, 0.25) is 11.9 Å². The Balaban J connectivity index is 1.56. The second-order valence-electron chi connectivity index (χ2n) is 9.92. The molecule has 0 aliphatic carbocycles. The molecular formula is C30H32N8O3. The molecule has 2 N–H and O–H groups in total. The summed E-state index contributed by atoms with van der Waals surface area (Å²) in [7, 11) is 7.54. The number of hydrogen-bond acceptors (Lipinski definition) is 9. The van der Waals surface area contributed by atoms with Crippen LogP contribution in [0.1, 0.15) is 5.56 Å². The fraction of sp³-hybridized carbons (Fsp3) is 0.267. The van der Waals surface area contributed by atoms with Crippen molar-refractivity contribution in [1.82, 2.24) is 19.4 Å². The minimum atomic E-state index is -0.336. The van der Waals surface area contributed by atoms with Crippen molar-refractivity contribution in [3.63, 3.8) is 0 Å². The van der Waals surface area contributed by atoms with Crippen LogP contribution < -0.4 is 25.0 Å². The molecule has 1 aliphatic rings. The summed E-state index contributed by atoms with van der Waals surface area (Å²) in [5.41, 5.74) is 4.55. The number of anilines is 4. The average Bonchev–Trinajstić information content (AvgIpc) is 3.36. The van der Waals surface area contributed by atoms with Crippen molar-refractivity contribution >= 4 is 39.8 Å². The van der Waals surface area contributed by atoms with Crippen LogP contribution in [0.5, 0.6) is 11.5 Å². The molecule has 11 nitrogen and oxygen atoms in total. The van der Waals surface area contributed by atoms with E-state index in [2.05, 4.69) is 37.7 Å². The lowest BCUT2D eigenvalue weighted by molar-refractivity contribution is -0.111. The number of ether oxygens (including phenoxy) is 2. The van der Waals surface area contributed by atoms with E-state index in [1.807, 2.05) is 56.5 Å². The lowest BCUT2D eigenvalue weighted by Gasteiger charge is -2.26. The first kappa shape index (κ1) is 27.5. The first-order chi connectivity index (χ1) is 19.8. The third kappa shape index (κ3) is 5.50. The SMILES string of the molecule is C=CC(=O)Nc1cc(Nc2ncc(C#N)c(-c3cn4c5c(cccc35)OCC4)n2)c(OC)cc1N(C)CCN(C)C. The third-order valence-corrected chi connectivity index (χ3v) is 6.92. The van der Waals surface area contributed by atoms with Gasteiger partial charge in [-0.3, -0.25) is 4.79 Å². The molecule has 0 saturated heterocycles. The first-order valence-electron chi connectivity index (χ1n) is 13.1. The van der Waals surface area contributed by atoms with Gasteiger partial charge in [-0.2, -0.15) is 5.26 Å². The number of nitrogens with zero attached hydrogens (tertiary/aromatic N) is 6. The number of amides is 1. The second kappa shape index (κ2) is 11.6. The summed E-state index contributed by atoms with van der Waals surface area (Å²) in [5, 5.41) is 17.0. The molecule has 0 radical (unpaired) electrons. The Morgan fingerprint density at radius 2 is 2.10 bits per heavy atom. The number of aromatic nitrogens is 3. The van der Waals surface area contributed by atoms with Crippen LogP contribution in [0.3, 0.4) is 0 Å². The van der Waals surface area contributed by atoms with Crippen LogP contribution in [0, 0.1) is 11.3 Å². The Labute approximate surface area is 238 Å². The standard InChI is InChI=1S/C30H32N8O3/c1-6-27(39)33-22-14-23(26(40-5)15-24(22)37(4)11-10-36(2)3)34-30-32-17-19(16-31)28(35-30)21-18-38-12-13-41-25-9-7-8-20(21)29(25)38/h6-9,14-15,17-18H,1,10-13H2,2-5H3,(H,33,39)(H,32,34,35). The van der Waals surface area contributed by atoms with E-state index in [1.165, 1.54) is 12.3 Å². The number of benzene rings is 2.